The van der Waals surface area contributed by atoms with Gasteiger partial charge in [0.1, 0.15) is 5.76 Å². The van der Waals surface area contributed by atoms with E-state index in [0.717, 1.165) is 0 Å². The van der Waals surface area contributed by atoms with E-state index < -0.39 is 0 Å². The molecule has 4 nitrogen and oxygen atoms in total. The Balaban J connectivity index is 2.31. The highest BCUT2D eigenvalue weighted by atomic mass is 35.5. The number of nitrogens with two attached hydrogens (primary N) is 1. The number of anilines is 2. The molecule has 0 aliphatic carbocycles. The number of furan rings is 1. The zero-order chi connectivity index (χ0) is 13.3. The number of amides is 1. The Morgan fingerprint density at radius 1 is 1.39 bits per heavy atom. The predicted molar refractivity (Wildman–Crippen MR) is 72.3 cm³/mol. The van der Waals surface area contributed by atoms with Crippen molar-refractivity contribution in [3.05, 3.63) is 45.8 Å². The van der Waals surface area contributed by atoms with E-state index in [2.05, 4.69) is 5.32 Å². The molecule has 0 fully saturated rings. The number of nitrogens with one attached hydrogen (secondary N) is 1. The van der Waals surface area contributed by atoms with Crippen molar-refractivity contribution >= 4 is 40.5 Å². The molecule has 2 aromatic rings. The van der Waals surface area contributed by atoms with Crippen molar-refractivity contribution in [2.75, 3.05) is 11.1 Å². The lowest BCUT2D eigenvalue weighted by Gasteiger charge is -2.10. The van der Waals surface area contributed by atoms with Gasteiger partial charge in [-0.15, -0.1) is 0 Å². The second-order valence-electron chi connectivity index (χ2n) is 3.70. The Bertz CT molecular complexity index is 585. The molecule has 1 aromatic carbocycles. The number of halogens is 2. The minimum atomic E-state index is -0.336. The summed E-state index contributed by atoms with van der Waals surface area (Å²) >= 11 is 11.8. The van der Waals surface area contributed by atoms with E-state index >= 15 is 0 Å². The lowest BCUT2D eigenvalue weighted by molar-refractivity contribution is 0.102. The molecule has 0 aliphatic rings. The zero-order valence-electron chi connectivity index (χ0n) is 9.46. The Morgan fingerprint density at radius 2 is 2.11 bits per heavy atom. The quantitative estimate of drug-likeness (QED) is 0.826. The fourth-order valence-electron chi connectivity index (χ4n) is 1.53. The van der Waals surface area contributed by atoms with Gasteiger partial charge in [0.25, 0.3) is 5.91 Å². The molecule has 0 saturated heterocycles. The average molecular weight is 285 g/mol. The van der Waals surface area contributed by atoms with Crippen LogP contribution in [0.5, 0.6) is 0 Å². The number of nitrogen functional groups attached to an aromatic ring is 1. The largest absolute Gasteiger partial charge is 0.469 e. The summed E-state index contributed by atoms with van der Waals surface area (Å²) in [6, 6.07) is 4.60. The lowest BCUT2D eigenvalue weighted by Crippen LogP contribution is -2.13. The van der Waals surface area contributed by atoms with Crippen LogP contribution in [0.4, 0.5) is 11.4 Å². The van der Waals surface area contributed by atoms with Crippen LogP contribution in [0.3, 0.4) is 0 Å². The molecule has 0 radical (unpaired) electrons. The Morgan fingerprint density at radius 3 is 2.67 bits per heavy atom. The molecule has 1 amide bonds. The zero-order valence-corrected chi connectivity index (χ0v) is 11.0. The third-order valence-corrected chi connectivity index (χ3v) is 2.94. The monoisotopic (exact) mass is 284 g/mol. The number of aryl methyl sites for hydroxylation is 1. The normalized spacial score (nSPS) is 10.4. The molecular weight excluding hydrogens is 275 g/mol. The minimum Gasteiger partial charge on any atom is -0.469 e. The summed E-state index contributed by atoms with van der Waals surface area (Å²) in [5, 5.41) is 3.33. The highest BCUT2D eigenvalue weighted by Gasteiger charge is 2.15. The van der Waals surface area contributed by atoms with Crippen molar-refractivity contribution in [1.29, 1.82) is 0 Å². The molecule has 0 aliphatic heterocycles. The van der Waals surface area contributed by atoms with Crippen molar-refractivity contribution in [1.82, 2.24) is 0 Å². The SMILES string of the molecule is Cc1occc1C(=O)Nc1c(N)cc(Cl)cc1Cl. The molecule has 0 unspecified atom stereocenters. The first-order chi connectivity index (χ1) is 8.49. The van der Waals surface area contributed by atoms with Crippen LogP contribution in [0.15, 0.2) is 28.9 Å². The highest BCUT2D eigenvalue weighted by Crippen LogP contribution is 2.32. The maximum Gasteiger partial charge on any atom is 0.259 e. The molecule has 2 rings (SSSR count). The van der Waals surface area contributed by atoms with Gasteiger partial charge in [0, 0.05) is 5.02 Å². The van der Waals surface area contributed by atoms with Crippen LogP contribution in [-0.4, -0.2) is 5.91 Å². The van der Waals surface area contributed by atoms with Gasteiger partial charge in [0.05, 0.1) is 28.2 Å². The van der Waals surface area contributed by atoms with Gasteiger partial charge < -0.3 is 15.5 Å². The fraction of sp³-hybridized carbons (Fsp3) is 0.0833. The second-order valence-corrected chi connectivity index (χ2v) is 4.54. The third-order valence-electron chi connectivity index (χ3n) is 2.43. The maximum absolute atomic E-state index is 12.0. The molecule has 0 spiro atoms. The molecule has 3 N–H and O–H groups in total. The predicted octanol–water partition coefficient (Wildman–Crippen LogP) is 3.73. The van der Waals surface area contributed by atoms with E-state index in [1.165, 1.54) is 18.4 Å². The number of rotatable bonds is 2. The molecule has 6 heteroatoms. The van der Waals surface area contributed by atoms with Gasteiger partial charge in [-0.3, -0.25) is 4.79 Å². The van der Waals surface area contributed by atoms with Crippen LogP contribution in [0, 0.1) is 6.92 Å². The van der Waals surface area contributed by atoms with E-state index in [0.29, 0.717) is 27.7 Å². The Kier molecular flexibility index (Phi) is 3.50. The van der Waals surface area contributed by atoms with Crippen LogP contribution in [0.1, 0.15) is 16.1 Å². The van der Waals surface area contributed by atoms with Crippen molar-refractivity contribution in [3.8, 4) is 0 Å². The topological polar surface area (TPSA) is 68.3 Å². The highest BCUT2D eigenvalue weighted by molar-refractivity contribution is 6.37. The van der Waals surface area contributed by atoms with Gasteiger partial charge in [-0.1, -0.05) is 23.2 Å². The minimum absolute atomic E-state index is 0.287. The first-order valence-corrected chi connectivity index (χ1v) is 5.84. The van der Waals surface area contributed by atoms with Gasteiger partial charge in [0.2, 0.25) is 0 Å². The van der Waals surface area contributed by atoms with Crippen molar-refractivity contribution in [3.63, 3.8) is 0 Å². The van der Waals surface area contributed by atoms with E-state index in [1.54, 1.807) is 13.0 Å². The maximum atomic E-state index is 12.0. The molecule has 18 heavy (non-hydrogen) atoms. The number of carbonyl (C=O) groups excluding carboxylic acids is 1. The van der Waals surface area contributed by atoms with Crippen molar-refractivity contribution in [2.45, 2.75) is 6.92 Å². The van der Waals surface area contributed by atoms with Gasteiger partial charge in [0.15, 0.2) is 0 Å². The summed E-state index contributed by atoms with van der Waals surface area (Å²) < 4.78 is 5.06. The van der Waals surface area contributed by atoms with E-state index in [4.69, 9.17) is 33.4 Å². The third kappa shape index (κ3) is 2.44. The number of carbonyl (C=O) groups is 1. The lowest BCUT2D eigenvalue weighted by atomic mass is 10.2. The molecule has 1 aromatic heterocycles. The molecule has 0 bridgehead atoms. The van der Waals surface area contributed by atoms with Gasteiger partial charge in [-0.25, -0.2) is 0 Å². The summed E-state index contributed by atoms with van der Waals surface area (Å²) in [4.78, 5) is 12.0. The summed E-state index contributed by atoms with van der Waals surface area (Å²) in [6.45, 7) is 1.70. The van der Waals surface area contributed by atoms with Gasteiger partial charge in [-0.05, 0) is 25.1 Å². The Hall–Kier alpha value is -1.65. The fourth-order valence-corrected chi connectivity index (χ4v) is 2.08. The summed E-state index contributed by atoms with van der Waals surface area (Å²) in [5.74, 6) is 0.188. The van der Waals surface area contributed by atoms with E-state index in [1.807, 2.05) is 0 Å². The summed E-state index contributed by atoms with van der Waals surface area (Å²) in [6.07, 6.45) is 1.44. The molecular formula is C12H10Cl2N2O2. The first-order valence-electron chi connectivity index (χ1n) is 5.09. The average Bonchev–Trinajstić information content (AvgIpc) is 2.69. The number of benzene rings is 1. The second kappa shape index (κ2) is 4.92. The smallest absolute Gasteiger partial charge is 0.259 e. The summed E-state index contributed by atoms with van der Waals surface area (Å²) in [5.41, 5.74) is 6.83. The van der Waals surface area contributed by atoms with Gasteiger partial charge >= 0.3 is 0 Å². The number of hydrogen-bond donors (Lipinski definition) is 2. The van der Waals surface area contributed by atoms with E-state index in [-0.39, 0.29) is 10.9 Å². The number of hydrogen-bond acceptors (Lipinski definition) is 3. The first kappa shape index (κ1) is 12.8. The van der Waals surface area contributed by atoms with Crippen LogP contribution < -0.4 is 11.1 Å². The van der Waals surface area contributed by atoms with Crippen LogP contribution in [0.2, 0.25) is 10.0 Å². The van der Waals surface area contributed by atoms with Crippen molar-refractivity contribution < 1.29 is 9.21 Å². The van der Waals surface area contributed by atoms with Crippen molar-refractivity contribution in [2.24, 2.45) is 0 Å². The molecule has 0 saturated carbocycles. The van der Waals surface area contributed by atoms with Crippen LogP contribution in [0.25, 0.3) is 0 Å². The Labute approximate surface area is 114 Å². The molecule has 1 heterocycles. The summed E-state index contributed by atoms with van der Waals surface area (Å²) in [7, 11) is 0. The molecule has 94 valence electrons. The standard InChI is InChI=1S/C12H10Cl2N2O2/c1-6-8(2-3-18-6)12(17)16-11-9(14)4-7(13)5-10(11)15/h2-5H,15H2,1H3,(H,16,17). The van der Waals surface area contributed by atoms with E-state index in [9.17, 15) is 4.79 Å². The van der Waals surface area contributed by atoms with Crippen LogP contribution in [-0.2, 0) is 0 Å². The van der Waals surface area contributed by atoms with Crippen LogP contribution >= 0.6 is 23.2 Å². The van der Waals surface area contributed by atoms with Gasteiger partial charge in [-0.2, -0.15) is 0 Å². The molecule has 0 atom stereocenters.